The van der Waals surface area contributed by atoms with Crippen LogP contribution < -0.4 is 10.6 Å². The van der Waals surface area contributed by atoms with E-state index in [4.69, 9.17) is 9.15 Å². The topological polar surface area (TPSA) is 98.4 Å². The second kappa shape index (κ2) is 9.82. The quantitative estimate of drug-likeness (QED) is 0.324. The Labute approximate surface area is 222 Å². The van der Waals surface area contributed by atoms with E-state index in [0.29, 0.717) is 28.7 Å². The molecule has 0 saturated heterocycles. The van der Waals surface area contributed by atoms with Gasteiger partial charge in [-0.2, -0.15) is 18.3 Å². The molecule has 0 bridgehead atoms. The monoisotopic (exact) mass is 600 g/mol. The molecule has 1 aliphatic carbocycles. The number of aromatic nitrogens is 2. The first-order valence-electron chi connectivity index (χ1n) is 11.9. The van der Waals surface area contributed by atoms with Crippen molar-refractivity contribution in [2.45, 2.75) is 57.8 Å². The third-order valence-electron chi connectivity index (χ3n) is 6.62. The summed E-state index contributed by atoms with van der Waals surface area (Å²) in [6.45, 7) is 4.00. The van der Waals surface area contributed by atoms with E-state index in [1.165, 1.54) is 17.6 Å². The number of furan rings is 1. The first-order valence-corrected chi connectivity index (χ1v) is 13.5. The van der Waals surface area contributed by atoms with E-state index < -0.39 is 30.1 Å². The second-order valence-corrected chi connectivity index (χ2v) is 11.1. The lowest BCUT2D eigenvalue weighted by molar-refractivity contribution is -0.174. The van der Waals surface area contributed by atoms with Gasteiger partial charge in [0.15, 0.2) is 11.7 Å². The molecule has 2 aliphatic rings. The Balaban J connectivity index is 1.50. The van der Waals surface area contributed by atoms with E-state index in [1.54, 1.807) is 19.1 Å². The number of carbonyl (C=O) groups excluding carboxylic acids is 2. The van der Waals surface area contributed by atoms with Crippen LogP contribution in [0.2, 0.25) is 0 Å². The highest BCUT2D eigenvalue weighted by Gasteiger charge is 2.48. The van der Waals surface area contributed by atoms with Crippen molar-refractivity contribution >= 4 is 50.0 Å². The molecule has 13 heteroatoms. The van der Waals surface area contributed by atoms with Crippen LogP contribution in [0.1, 0.15) is 75.8 Å². The fourth-order valence-corrected chi connectivity index (χ4v) is 6.78. The molecule has 0 radical (unpaired) electrons. The number of fused-ring (bicyclic) bond motifs is 2. The summed E-state index contributed by atoms with van der Waals surface area (Å²) in [6, 6.07) is 0.457. The van der Waals surface area contributed by atoms with Crippen LogP contribution in [0.25, 0.3) is 0 Å². The Hall–Kier alpha value is -2.80. The van der Waals surface area contributed by atoms with Crippen LogP contribution in [0.4, 0.5) is 24.0 Å². The van der Waals surface area contributed by atoms with Gasteiger partial charge in [-0.25, -0.2) is 9.48 Å². The van der Waals surface area contributed by atoms with Gasteiger partial charge in [-0.05, 0) is 65.7 Å². The number of hydrogen-bond acceptors (Lipinski definition) is 7. The molecule has 0 fully saturated rings. The highest BCUT2D eigenvalue weighted by atomic mass is 79.9. The van der Waals surface area contributed by atoms with Crippen molar-refractivity contribution < 1.29 is 31.9 Å². The first kappa shape index (κ1) is 25.8. The SMILES string of the molecule is CCOC(=O)c1c(NC(=O)c2nn3c(c2Br)N[C@H](c2ccco2)C[C@@H]3C(F)(F)F)sc2c1CC[C@H](C)C2. The summed E-state index contributed by atoms with van der Waals surface area (Å²) in [7, 11) is 0. The van der Waals surface area contributed by atoms with Gasteiger partial charge in [0.2, 0.25) is 0 Å². The summed E-state index contributed by atoms with van der Waals surface area (Å²) in [5.41, 5.74) is 0.943. The first-order chi connectivity index (χ1) is 17.6. The third-order valence-corrected chi connectivity index (χ3v) is 8.54. The van der Waals surface area contributed by atoms with Crippen LogP contribution in [0.3, 0.4) is 0 Å². The number of rotatable bonds is 5. The third kappa shape index (κ3) is 4.78. The summed E-state index contributed by atoms with van der Waals surface area (Å²) in [4.78, 5) is 27.1. The molecule has 3 atom stereocenters. The Bertz CT molecular complexity index is 1330. The number of thiophene rings is 1. The number of esters is 1. The maximum absolute atomic E-state index is 14.0. The number of amides is 1. The maximum atomic E-state index is 14.0. The average molecular weight is 601 g/mol. The minimum atomic E-state index is -4.61. The molecule has 2 N–H and O–H groups in total. The van der Waals surface area contributed by atoms with Crippen molar-refractivity contribution in [3.63, 3.8) is 0 Å². The molecule has 0 aromatic carbocycles. The molecule has 1 aliphatic heterocycles. The molecule has 0 spiro atoms. The fraction of sp³-hybridized carbons (Fsp3) is 0.458. The molecule has 0 unspecified atom stereocenters. The van der Waals surface area contributed by atoms with E-state index in [9.17, 15) is 22.8 Å². The van der Waals surface area contributed by atoms with E-state index in [-0.39, 0.29) is 29.0 Å². The van der Waals surface area contributed by atoms with Crippen LogP contribution in [0.15, 0.2) is 27.3 Å². The van der Waals surface area contributed by atoms with Crippen LogP contribution in [-0.4, -0.2) is 34.4 Å². The summed E-state index contributed by atoms with van der Waals surface area (Å²) < 4.78 is 53.5. The van der Waals surface area contributed by atoms with Crippen molar-refractivity contribution in [1.29, 1.82) is 0 Å². The van der Waals surface area contributed by atoms with Crippen LogP contribution in [-0.2, 0) is 17.6 Å². The summed E-state index contributed by atoms with van der Waals surface area (Å²) in [5.74, 6) is -0.468. The number of ether oxygens (including phenoxy) is 1. The number of anilines is 2. The van der Waals surface area contributed by atoms with E-state index >= 15 is 0 Å². The van der Waals surface area contributed by atoms with Gasteiger partial charge >= 0.3 is 12.1 Å². The Morgan fingerprint density at radius 1 is 1.41 bits per heavy atom. The molecule has 198 valence electrons. The number of alkyl halides is 3. The van der Waals surface area contributed by atoms with Gasteiger partial charge in [0.05, 0.1) is 28.9 Å². The number of nitrogens with one attached hydrogen (secondary N) is 2. The number of halogens is 4. The molecular weight excluding hydrogens is 577 g/mol. The van der Waals surface area contributed by atoms with Crippen molar-refractivity contribution in [2.75, 3.05) is 17.2 Å². The normalized spacial score (nSPS) is 21.1. The largest absolute Gasteiger partial charge is 0.467 e. The van der Waals surface area contributed by atoms with Crippen molar-refractivity contribution in [3.05, 3.63) is 50.3 Å². The standard InChI is InChI=1S/C24H24BrF3N4O4S/c1-3-35-23(34)17-12-7-6-11(2)9-15(12)37-22(17)30-21(33)19-18(25)20-29-13(14-5-4-8-36-14)10-16(24(26,27)28)32(20)31-19/h4-5,8,11,13,16,29H,3,6-7,9-10H2,1-2H3,(H,30,33)/t11-,13-,16+/m0/s1. The molecular formula is C24H24BrF3N4O4S. The van der Waals surface area contributed by atoms with Gasteiger partial charge in [-0.1, -0.05) is 6.92 Å². The molecule has 5 rings (SSSR count). The lowest BCUT2D eigenvalue weighted by atomic mass is 9.88. The molecule has 3 aromatic heterocycles. The van der Waals surface area contributed by atoms with Crippen molar-refractivity contribution in [2.24, 2.45) is 5.92 Å². The van der Waals surface area contributed by atoms with Gasteiger partial charge in [-0.3, -0.25) is 4.79 Å². The van der Waals surface area contributed by atoms with Gasteiger partial charge in [-0.15, -0.1) is 11.3 Å². The lowest BCUT2D eigenvalue weighted by Gasteiger charge is -2.32. The van der Waals surface area contributed by atoms with E-state index in [2.05, 4.69) is 38.6 Å². The van der Waals surface area contributed by atoms with Crippen molar-refractivity contribution in [1.82, 2.24) is 9.78 Å². The minimum absolute atomic E-state index is 0.0186. The average Bonchev–Trinajstić information content (AvgIpc) is 3.55. The zero-order valence-electron chi connectivity index (χ0n) is 19.9. The number of carbonyl (C=O) groups is 2. The zero-order chi connectivity index (χ0) is 26.5. The van der Waals surface area contributed by atoms with Gasteiger partial charge in [0.25, 0.3) is 5.91 Å². The molecule has 3 aromatic rings. The molecule has 37 heavy (non-hydrogen) atoms. The second-order valence-electron chi connectivity index (χ2n) is 9.19. The molecule has 4 heterocycles. The van der Waals surface area contributed by atoms with Crippen LogP contribution in [0.5, 0.6) is 0 Å². The van der Waals surface area contributed by atoms with E-state index in [1.807, 2.05) is 0 Å². The highest BCUT2D eigenvalue weighted by Crippen LogP contribution is 2.47. The summed E-state index contributed by atoms with van der Waals surface area (Å²) in [5, 5.41) is 10.1. The van der Waals surface area contributed by atoms with Crippen LogP contribution >= 0.6 is 27.3 Å². The Morgan fingerprint density at radius 2 is 2.19 bits per heavy atom. The molecule has 0 saturated carbocycles. The van der Waals surface area contributed by atoms with Crippen LogP contribution in [0, 0.1) is 5.92 Å². The lowest BCUT2D eigenvalue weighted by Crippen LogP contribution is -2.35. The smallest absolute Gasteiger partial charge is 0.410 e. The zero-order valence-corrected chi connectivity index (χ0v) is 22.3. The Kier molecular flexibility index (Phi) is 6.86. The van der Waals surface area contributed by atoms with E-state index in [0.717, 1.165) is 28.0 Å². The summed E-state index contributed by atoms with van der Waals surface area (Å²) >= 11 is 4.58. The van der Waals surface area contributed by atoms with Gasteiger partial charge in [0, 0.05) is 11.3 Å². The van der Waals surface area contributed by atoms with Gasteiger partial charge in [0.1, 0.15) is 16.6 Å². The molecule has 8 nitrogen and oxygen atoms in total. The molecule has 1 amide bonds. The maximum Gasteiger partial charge on any atom is 0.410 e. The van der Waals surface area contributed by atoms with Crippen molar-refractivity contribution in [3.8, 4) is 0 Å². The number of hydrogen-bond donors (Lipinski definition) is 2. The predicted octanol–water partition coefficient (Wildman–Crippen LogP) is 6.51. The highest BCUT2D eigenvalue weighted by molar-refractivity contribution is 9.10. The predicted molar refractivity (Wildman–Crippen MR) is 134 cm³/mol. The summed E-state index contributed by atoms with van der Waals surface area (Å²) in [6.07, 6.45) is -1.21. The minimum Gasteiger partial charge on any atom is -0.467 e. The fourth-order valence-electron chi connectivity index (χ4n) is 4.83. The van der Waals surface area contributed by atoms with Gasteiger partial charge < -0.3 is 19.8 Å². The Morgan fingerprint density at radius 3 is 2.86 bits per heavy atom. The number of nitrogens with zero attached hydrogens (tertiary/aromatic N) is 2.